The topological polar surface area (TPSA) is 118 Å². The van der Waals surface area contributed by atoms with Gasteiger partial charge >= 0.3 is 5.97 Å². The van der Waals surface area contributed by atoms with Crippen LogP contribution in [-0.2, 0) is 14.3 Å². The van der Waals surface area contributed by atoms with Gasteiger partial charge < -0.3 is 15.8 Å². The van der Waals surface area contributed by atoms with Crippen molar-refractivity contribution in [1.82, 2.24) is 4.98 Å². The molecule has 0 saturated heterocycles. The van der Waals surface area contributed by atoms with Gasteiger partial charge in [0.15, 0.2) is 5.57 Å². The number of anilines is 1. The van der Waals surface area contributed by atoms with E-state index in [-0.39, 0.29) is 17.9 Å². The highest BCUT2D eigenvalue weighted by Crippen LogP contribution is 2.14. The van der Waals surface area contributed by atoms with Crippen molar-refractivity contribution in [2.24, 2.45) is 11.7 Å². The first-order chi connectivity index (χ1) is 10.0. The number of ether oxygens (including phenoxy) is 1. The molecule has 1 heterocycles. The Balaban J connectivity index is 2.90. The number of hydrogen-bond acceptors (Lipinski definition) is 6. The molecule has 7 nitrogen and oxygen atoms in total. The van der Waals surface area contributed by atoms with Gasteiger partial charge in [0, 0.05) is 11.9 Å². The normalized spacial score (nSPS) is 12.6. The van der Waals surface area contributed by atoms with Gasteiger partial charge in [-0.05, 0) is 26.0 Å². The Labute approximate surface area is 122 Å². The van der Waals surface area contributed by atoms with Crippen molar-refractivity contribution in [1.29, 1.82) is 5.26 Å². The van der Waals surface area contributed by atoms with Crippen LogP contribution in [0.4, 0.5) is 5.82 Å². The molecule has 7 heteroatoms. The van der Waals surface area contributed by atoms with E-state index in [1.54, 1.807) is 31.2 Å². The van der Waals surface area contributed by atoms with Gasteiger partial charge in [-0.25, -0.2) is 9.78 Å². The number of pyridine rings is 1. The Bertz CT molecular complexity index is 590. The molecule has 1 aromatic heterocycles. The van der Waals surface area contributed by atoms with E-state index < -0.39 is 17.8 Å². The van der Waals surface area contributed by atoms with Crippen LogP contribution in [0.5, 0.6) is 0 Å². The second-order valence-electron chi connectivity index (χ2n) is 4.09. The van der Waals surface area contributed by atoms with Crippen LogP contribution in [0.15, 0.2) is 35.7 Å². The van der Waals surface area contributed by atoms with Gasteiger partial charge in [0.1, 0.15) is 11.9 Å². The average molecular weight is 288 g/mol. The first-order valence-electron chi connectivity index (χ1n) is 6.30. The molecule has 0 aliphatic carbocycles. The standard InChI is InChI=1S/C14H16N4O3/c1-3-21-14(20)10(8-15)12(16)9(2)13(19)18-11-6-4-5-7-17-11/h4-7,9H,3,16H2,1-2H3,(H,17,18,19). The summed E-state index contributed by atoms with van der Waals surface area (Å²) in [5.41, 5.74) is 5.24. The zero-order valence-electron chi connectivity index (χ0n) is 11.8. The van der Waals surface area contributed by atoms with Crippen molar-refractivity contribution in [2.45, 2.75) is 13.8 Å². The van der Waals surface area contributed by atoms with Crippen LogP contribution in [0.2, 0.25) is 0 Å². The van der Waals surface area contributed by atoms with Crippen LogP contribution >= 0.6 is 0 Å². The summed E-state index contributed by atoms with van der Waals surface area (Å²) in [5, 5.41) is 11.5. The van der Waals surface area contributed by atoms with Crippen LogP contribution < -0.4 is 11.1 Å². The summed E-state index contributed by atoms with van der Waals surface area (Å²) in [6, 6.07) is 6.71. The van der Waals surface area contributed by atoms with E-state index in [0.717, 1.165) is 0 Å². The van der Waals surface area contributed by atoms with Gasteiger partial charge in [-0.3, -0.25) is 4.79 Å². The minimum absolute atomic E-state index is 0.117. The number of hydrogen-bond donors (Lipinski definition) is 2. The summed E-state index contributed by atoms with van der Waals surface area (Å²) >= 11 is 0. The third-order valence-electron chi connectivity index (χ3n) is 2.66. The van der Waals surface area contributed by atoms with Gasteiger partial charge in [-0.1, -0.05) is 6.07 Å². The van der Waals surface area contributed by atoms with E-state index in [4.69, 9.17) is 15.7 Å². The number of esters is 1. The third kappa shape index (κ3) is 4.31. The molecule has 0 saturated carbocycles. The van der Waals surface area contributed by atoms with E-state index >= 15 is 0 Å². The fourth-order valence-corrected chi connectivity index (χ4v) is 1.46. The molecule has 1 amide bonds. The lowest BCUT2D eigenvalue weighted by Crippen LogP contribution is -2.28. The molecule has 1 unspecified atom stereocenters. The molecule has 1 rings (SSSR count). The fourth-order valence-electron chi connectivity index (χ4n) is 1.46. The molecule has 21 heavy (non-hydrogen) atoms. The number of nitrogens with one attached hydrogen (secondary N) is 1. The zero-order valence-corrected chi connectivity index (χ0v) is 11.8. The first-order valence-corrected chi connectivity index (χ1v) is 6.30. The molecule has 1 atom stereocenters. The summed E-state index contributed by atoms with van der Waals surface area (Å²) in [6.45, 7) is 3.22. The van der Waals surface area contributed by atoms with Crippen LogP contribution in [0, 0.1) is 17.2 Å². The van der Waals surface area contributed by atoms with Gasteiger partial charge in [-0.15, -0.1) is 0 Å². The van der Waals surface area contributed by atoms with Crippen LogP contribution in [0.3, 0.4) is 0 Å². The molecule has 0 aliphatic rings. The van der Waals surface area contributed by atoms with E-state index in [0.29, 0.717) is 5.82 Å². The predicted molar refractivity (Wildman–Crippen MR) is 75.5 cm³/mol. The third-order valence-corrected chi connectivity index (χ3v) is 2.66. The number of carbonyl (C=O) groups is 2. The van der Waals surface area contributed by atoms with Gasteiger partial charge in [0.25, 0.3) is 0 Å². The SMILES string of the molecule is CCOC(=O)C(C#N)=C(N)C(C)C(=O)Nc1ccccn1. The second-order valence-corrected chi connectivity index (χ2v) is 4.09. The Morgan fingerprint density at radius 3 is 2.76 bits per heavy atom. The van der Waals surface area contributed by atoms with E-state index in [2.05, 4.69) is 10.3 Å². The summed E-state index contributed by atoms with van der Waals surface area (Å²) < 4.78 is 4.72. The monoisotopic (exact) mass is 288 g/mol. The molecule has 0 aromatic carbocycles. The molecule has 0 fully saturated rings. The Kier molecular flexibility index (Phi) is 5.89. The number of nitrogens with two attached hydrogens (primary N) is 1. The summed E-state index contributed by atoms with van der Waals surface area (Å²) in [6.07, 6.45) is 1.53. The van der Waals surface area contributed by atoms with Crippen molar-refractivity contribution in [3.63, 3.8) is 0 Å². The maximum atomic E-state index is 12.0. The Hall–Kier alpha value is -2.88. The largest absolute Gasteiger partial charge is 0.462 e. The van der Waals surface area contributed by atoms with Crippen molar-refractivity contribution >= 4 is 17.7 Å². The highest BCUT2D eigenvalue weighted by atomic mass is 16.5. The van der Waals surface area contributed by atoms with Crippen molar-refractivity contribution in [3.8, 4) is 6.07 Å². The van der Waals surface area contributed by atoms with Gasteiger partial charge in [0.05, 0.1) is 12.5 Å². The molecule has 0 spiro atoms. The van der Waals surface area contributed by atoms with Crippen molar-refractivity contribution < 1.29 is 14.3 Å². The van der Waals surface area contributed by atoms with Crippen LogP contribution in [0.25, 0.3) is 0 Å². The number of aromatic nitrogens is 1. The smallest absolute Gasteiger partial charge is 0.350 e. The zero-order chi connectivity index (χ0) is 15.8. The van der Waals surface area contributed by atoms with Gasteiger partial charge in [0.2, 0.25) is 5.91 Å². The van der Waals surface area contributed by atoms with Crippen LogP contribution in [-0.4, -0.2) is 23.5 Å². The summed E-state index contributed by atoms with van der Waals surface area (Å²) in [5.74, 6) is -1.82. The van der Waals surface area contributed by atoms with E-state index in [9.17, 15) is 9.59 Å². The molecule has 3 N–H and O–H groups in total. The number of amides is 1. The van der Waals surface area contributed by atoms with Crippen molar-refractivity contribution in [2.75, 3.05) is 11.9 Å². The predicted octanol–water partition coefficient (Wildman–Crippen LogP) is 0.956. The average Bonchev–Trinajstić information content (AvgIpc) is 2.48. The molecule has 0 aliphatic heterocycles. The number of carbonyl (C=O) groups excluding carboxylic acids is 2. The first kappa shape index (κ1) is 16.2. The quantitative estimate of drug-likeness (QED) is 0.473. The number of rotatable bonds is 5. The minimum atomic E-state index is -0.869. The lowest BCUT2D eigenvalue weighted by atomic mass is 10.0. The van der Waals surface area contributed by atoms with E-state index in [1.807, 2.05) is 0 Å². The lowest BCUT2D eigenvalue weighted by Gasteiger charge is -2.13. The summed E-state index contributed by atoms with van der Waals surface area (Å²) in [4.78, 5) is 27.5. The maximum Gasteiger partial charge on any atom is 0.350 e. The minimum Gasteiger partial charge on any atom is -0.462 e. The number of nitriles is 1. The molecule has 1 aromatic rings. The van der Waals surface area contributed by atoms with Crippen molar-refractivity contribution in [3.05, 3.63) is 35.7 Å². The molecule has 0 radical (unpaired) electrons. The highest BCUT2D eigenvalue weighted by Gasteiger charge is 2.23. The fraction of sp³-hybridized carbons (Fsp3) is 0.286. The molecular weight excluding hydrogens is 272 g/mol. The number of nitrogens with zero attached hydrogens (tertiary/aromatic N) is 2. The van der Waals surface area contributed by atoms with Crippen LogP contribution in [0.1, 0.15) is 13.8 Å². The highest BCUT2D eigenvalue weighted by molar-refractivity contribution is 5.98. The molecular formula is C14H16N4O3. The second kappa shape index (κ2) is 7.65. The lowest BCUT2D eigenvalue weighted by molar-refractivity contribution is -0.138. The summed E-state index contributed by atoms with van der Waals surface area (Å²) in [7, 11) is 0. The molecule has 0 bridgehead atoms. The Morgan fingerprint density at radius 1 is 1.52 bits per heavy atom. The maximum absolute atomic E-state index is 12.0. The van der Waals surface area contributed by atoms with Gasteiger partial charge in [-0.2, -0.15) is 5.26 Å². The molecule has 110 valence electrons. The Morgan fingerprint density at radius 2 is 2.24 bits per heavy atom. The van der Waals surface area contributed by atoms with E-state index in [1.165, 1.54) is 13.1 Å².